The third-order valence-electron chi connectivity index (χ3n) is 4.94. The summed E-state index contributed by atoms with van der Waals surface area (Å²) in [5, 5.41) is 8.13. The van der Waals surface area contributed by atoms with Gasteiger partial charge in [-0.2, -0.15) is 0 Å². The summed E-state index contributed by atoms with van der Waals surface area (Å²) in [4.78, 5) is 10.3. The molecule has 6 heteroatoms. The first-order valence-corrected chi connectivity index (χ1v) is 9.83. The van der Waals surface area contributed by atoms with Gasteiger partial charge in [-0.3, -0.25) is 4.99 Å². The normalized spacial score (nSPS) is 15.3. The number of rotatable bonds is 7. The SMILES string of the molecule is CN=C(NCCc1nc(C)c(C)s1)NCC1(Cc2ccccc2)CC1.I. The van der Waals surface area contributed by atoms with Crippen molar-refractivity contribution in [2.24, 2.45) is 10.4 Å². The van der Waals surface area contributed by atoms with E-state index in [4.69, 9.17) is 0 Å². The fourth-order valence-electron chi connectivity index (χ4n) is 3.05. The van der Waals surface area contributed by atoms with Crippen LogP contribution in [0.1, 0.15) is 34.0 Å². The molecule has 1 aromatic carbocycles. The molecular formula is C20H29IN4S. The third kappa shape index (κ3) is 5.94. The number of hydrogen-bond acceptors (Lipinski definition) is 3. The van der Waals surface area contributed by atoms with E-state index in [-0.39, 0.29) is 24.0 Å². The summed E-state index contributed by atoms with van der Waals surface area (Å²) >= 11 is 1.79. The van der Waals surface area contributed by atoms with Gasteiger partial charge < -0.3 is 10.6 Å². The number of halogens is 1. The van der Waals surface area contributed by atoms with Crippen molar-refractivity contribution in [2.45, 2.75) is 39.5 Å². The standard InChI is InChI=1S/C20H28N4S.HI/c1-15-16(2)25-18(24-15)9-12-22-19(21-3)23-14-20(10-11-20)13-17-7-5-4-6-8-17;/h4-8H,9-14H2,1-3H3,(H2,21,22,23);1H. The molecule has 142 valence electrons. The van der Waals surface area contributed by atoms with Crippen molar-refractivity contribution in [3.63, 3.8) is 0 Å². The Morgan fingerprint density at radius 2 is 1.92 bits per heavy atom. The number of nitrogens with zero attached hydrogens (tertiary/aromatic N) is 2. The Hall–Kier alpha value is -1.15. The Morgan fingerprint density at radius 1 is 1.19 bits per heavy atom. The second-order valence-electron chi connectivity index (χ2n) is 7.01. The lowest BCUT2D eigenvalue weighted by Gasteiger charge is -2.18. The van der Waals surface area contributed by atoms with Crippen LogP contribution < -0.4 is 10.6 Å². The molecule has 2 N–H and O–H groups in total. The Bertz CT molecular complexity index is 703. The molecule has 0 radical (unpaired) electrons. The van der Waals surface area contributed by atoms with Crippen molar-refractivity contribution >= 4 is 41.3 Å². The zero-order valence-corrected chi connectivity index (χ0v) is 19.0. The molecule has 1 aliphatic carbocycles. The number of guanidine groups is 1. The van der Waals surface area contributed by atoms with Gasteiger partial charge in [-0.05, 0) is 44.1 Å². The summed E-state index contributed by atoms with van der Waals surface area (Å²) in [5.74, 6) is 0.893. The van der Waals surface area contributed by atoms with Crippen molar-refractivity contribution in [1.82, 2.24) is 15.6 Å². The molecule has 1 heterocycles. The van der Waals surface area contributed by atoms with Gasteiger partial charge in [0.2, 0.25) is 0 Å². The lowest BCUT2D eigenvalue weighted by molar-refractivity contribution is 0.492. The molecule has 1 saturated carbocycles. The maximum atomic E-state index is 4.59. The van der Waals surface area contributed by atoms with Gasteiger partial charge >= 0.3 is 0 Å². The highest BCUT2D eigenvalue weighted by molar-refractivity contribution is 14.0. The van der Waals surface area contributed by atoms with E-state index < -0.39 is 0 Å². The predicted octanol–water partition coefficient (Wildman–Crippen LogP) is 4.11. The second-order valence-corrected chi connectivity index (χ2v) is 8.30. The fraction of sp³-hybridized carbons (Fsp3) is 0.500. The highest BCUT2D eigenvalue weighted by Crippen LogP contribution is 2.47. The molecule has 4 nitrogen and oxygen atoms in total. The molecule has 3 rings (SSSR count). The highest BCUT2D eigenvalue weighted by atomic mass is 127. The van der Waals surface area contributed by atoms with Crippen LogP contribution in [-0.2, 0) is 12.8 Å². The van der Waals surface area contributed by atoms with Gasteiger partial charge in [0, 0.05) is 31.4 Å². The van der Waals surface area contributed by atoms with Crippen molar-refractivity contribution in [2.75, 3.05) is 20.1 Å². The van der Waals surface area contributed by atoms with Crippen LogP contribution in [0.2, 0.25) is 0 Å². The summed E-state index contributed by atoms with van der Waals surface area (Å²) in [6.45, 7) is 6.05. The minimum atomic E-state index is 0. The molecule has 1 aromatic heterocycles. The number of aromatic nitrogens is 1. The molecule has 0 unspecified atom stereocenters. The van der Waals surface area contributed by atoms with Crippen molar-refractivity contribution < 1.29 is 0 Å². The first-order valence-electron chi connectivity index (χ1n) is 9.02. The van der Waals surface area contributed by atoms with E-state index in [2.05, 4.69) is 64.8 Å². The molecule has 1 fully saturated rings. The van der Waals surface area contributed by atoms with Crippen LogP contribution in [0.15, 0.2) is 35.3 Å². The molecule has 2 aromatic rings. The summed E-state index contributed by atoms with van der Waals surface area (Å²) in [6, 6.07) is 10.8. The van der Waals surface area contributed by atoms with E-state index >= 15 is 0 Å². The van der Waals surface area contributed by atoms with Gasteiger partial charge in [-0.15, -0.1) is 35.3 Å². The molecule has 0 atom stereocenters. The molecule has 0 spiro atoms. The van der Waals surface area contributed by atoms with E-state index in [1.54, 1.807) is 11.3 Å². The van der Waals surface area contributed by atoms with Crippen LogP contribution >= 0.6 is 35.3 Å². The van der Waals surface area contributed by atoms with Crippen LogP contribution in [0.4, 0.5) is 0 Å². The maximum Gasteiger partial charge on any atom is 0.191 e. The minimum absolute atomic E-state index is 0. The molecule has 0 aliphatic heterocycles. The number of hydrogen-bond donors (Lipinski definition) is 2. The maximum absolute atomic E-state index is 4.59. The van der Waals surface area contributed by atoms with E-state index in [0.717, 1.165) is 37.6 Å². The average Bonchev–Trinajstić information content (AvgIpc) is 3.30. The van der Waals surface area contributed by atoms with Crippen LogP contribution in [0.3, 0.4) is 0 Å². The summed E-state index contributed by atoms with van der Waals surface area (Å²) in [7, 11) is 1.84. The van der Waals surface area contributed by atoms with Crippen LogP contribution in [0, 0.1) is 19.3 Å². The number of nitrogens with one attached hydrogen (secondary N) is 2. The number of thiazole rings is 1. The lowest BCUT2D eigenvalue weighted by atomic mass is 9.96. The van der Waals surface area contributed by atoms with Gasteiger partial charge in [-0.1, -0.05) is 30.3 Å². The van der Waals surface area contributed by atoms with Crippen molar-refractivity contribution in [3.05, 3.63) is 51.5 Å². The predicted molar refractivity (Wildman–Crippen MR) is 122 cm³/mol. The first-order chi connectivity index (χ1) is 12.1. The Morgan fingerprint density at radius 3 is 2.50 bits per heavy atom. The van der Waals surface area contributed by atoms with E-state index in [1.165, 1.54) is 28.3 Å². The van der Waals surface area contributed by atoms with E-state index in [0.29, 0.717) is 5.41 Å². The van der Waals surface area contributed by atoms with Crippen LogP contribution in [0.25, 0.3) is 0 Å². The zero-order chi connectivity index (χ0) is 17.7. The fourth-order valence-corrected chi connectivity index (χ4v) is 3.98. The first kappa shape index (κ1) is 21.2. The highest BCUT2D eigenvalue weighted by Gasteiger charge is 2.42. The molecular weight excluding hydrogens is 455 g/mol. The molecule has 0 bridgehead atoms. The zero-order valence-electron chi connectivity index (χ0n) is 15.8. The Kier molecular flexibility index (Phi) is 7.88. The number of benzene rings is 1. The van der Waals surface area contributed by atoms with Gasteiger partial charge in [-0.25, -0.2) is 4.98 Å². The largest absolute Gasteiger partial charge is 0.356 e. The molecule has 0 saturated heterocycles. The molecule has 26 heavy (non-hydrogen) atoms. The molecule has 1 aliphatic rings. The quantitative estimate of drug-likeness (QED) is 0.354. The van der Waals surface area contributed by atoms with Crippen molar-refractivity contribution in [3.8, 4) is 0 Å². The minimum Gasteiger partial charge on any atom is -0.356 e. The van der Waals surface area contributed by atoms with Crippen LogP contribution in [0.5, 0.6) is 0 Å². The van der Waals surface area contributed by atoms with Gasteiger partial charge in [0.05, 0.1) is 10.7 Å². The smallest absolute Gasteiger partial charge is 0.191 e. The van der Waals surface area contributed by atoms with Gasteiger partial charge in [0.25, 0.3) is 0 Å². The Balaban J connectivity index is 0.00000243. The number of aliphatic imine (C=N–C) groups is 1. The van der Waals surface area contributed by atoms with E-state index in [1.807, 2.05) is 7.05 Å². The van der Waals surface area contributed by atoms with Crippen molar-refractivity contribution in [1.29, 1.82) is 0 Å². The van der Waals surface area contributed by atoms with Gasteiger partial charge in [0.1, 0.15) is 0 Å². The number of aryl methyl sites for hydroxylation is 2. The summed E-state index contributed by atoms with van der Waals surface area (Å²) in [6.07, 6.45) is 4.68. The average molecular weight is 484 g/mol. The molecule has 0 amide bonds. The van der Waals surface area contributed by atoms with Gasteiger partial charge in [0.15, 0.2) is 5.96 Å². The van der Waals surface area contributed by atoms with E-state index in [9.17, 15) is 0 Å². The lowest BCUT2D eigenvalue weighted by Crippen LogP contribution is -2.41. The third-order valence-corrected chi connectivity index (χ3v) is 6.07. The monoisotopic (exact) mass is 484 g/mol. The summed E-state index contributed by atoms with van der Waals surface area (Å²) in [5.41, 5.74) is 2.99. The second kappa shape index (κ2) is 9.69. The Labute approximate surface area is 177 Å². The van der Waals surface area contributed by atoms with Crippen LogP contribution in [-0.4, -0.2) is 31.1 Å². The summed E-state index contributed by atoms with van der Waals surface area (Å²) < 4.78 is 0. The topological polar surface area (TPSA) is 49.3 Å².